The number of carbonyl (C=O) groups is 1. The minimum absolute atomic E-state index is 0.244. The molecule has 0 bridgehead atoms. The quantitative estimate of drug-likeness (QED) is 0.643. The zero-order chi connectivity index (χ0) is 8.36. The molecule has 60 valence electrons. The lowest BCUT2D eigenvalue weighted by Crippen LogP contribution is -2.43. The lowest BCUT2D eigenvalue weighted by molar-refractivity contribution is 0.108. The van der Waals surface area contributed by atoms with Gasteiger partial charge in [-0.25, -0.2) is 4.79 Å². The fourth-order valence-corrected chi connectivity index (χ4v) is 0.496. The van der Waals surface area contributed by atoms with E-state index in [1.807, 2.05) is 20.8 Å². The first-order valence-corrected chi connectivity index (χ1v) is 3.38. The highest BCUT2D eigenvalue weighted by molar-refractivity contribution is 5.65. The summed E-state index contributed by atoms with van der Waals surface area (Å²) in [6.07, 6.45) is -0.0395. The lowest BCUT2D eigenvalue weighted by Gasteiger charge is -2.32. The molecule has 3 nitrogen and oxygen atoms in total. The van der Waals surface area contributed by atoms with Crippen LogP contribution < -0.4 is 0 Å². The summed E-state index contributed by atoms with van der Waals surface area (Å²) >= 11 is 0. The number of rotatable bonds is 2. The van der Waals surface area contributed by atoms with E-state index >= 15 is 0 Å². The van der Waals surface area contributed by atoms with E-state index in [9.17, 15) is 4.79 Å². The van der Waals surface area contributed by atoms with Gasteiger partial charge in [0.15, 0.2) is 0 Å². The van der Waals surface area contributed by atoms with Crippen LogP contribution in [0.5, 0.6) is 0 Å². The smallest absolute Gasteiger partial charge is 0.407 e. The molecule has 1 N–H and O–H groups in total. The van der Waals surface area contributed by atoms with E-state index in [1.54, 1.807) is 7.05 Å². The van der Waals surface area contributed by atoms with Crippen LogP contribution in [0.25, 0.3) is 0 Å². The van der Waals surface area contributed by atoms with Gasteiger partial charge in [-0.05, 0) is 20.3 Å². The Morgan fingerprint density at radius 2 is 2.00 bits per heavy atom. The van der Waals surface area contributed by atoms with Gasteiger partial charge in [-0.1, -0.05) is 6.92 Å². The number of amides is 1. The molecule has 3 heteroatoms. The van der Waals surface area contributed by atoms with Gasteiger partial charge < -0.3 is 10.0 Å². The average molecular weight is 145 g/mol. The Kier molecular flexibility index (Phi) is 2.69. The molecule has 0 atom stereocenters. The van der Waals surface area contributed by atoms with Gasteiger partial charge in [0.25, 0.3) is 0 Å². The molecule has 0 radical (unpaired) electrons. The molecule has 0 aliphatic heterocycles. The van der Waals surface area contributed by atoms with Gasteiger partial charge in [0.2, 0.25) is 0 Å². The van der Waals surface area contributed by atoms with Gasteiger partial charge >= 0.3 is 6.09 Å². The van der Waals surface area contributed by atoms with E-state index in [2.05, 4.69) is 0 Å². The van der Waals surface area contributed by atoms with Crippen LogP contribution in [0.3, 0.4) is 0 Å². The van der Waals surface area contributed by atoms with E-state index in [-0.39, 0.29) is 5.54 Å². The molecule has 0 unspecified atom stereocenters. The molecule has 0 aromatic rings. The highest BCUT2D eigenvalue weighted by atomic mass is 16.4. The van der Waals surface area contributed by atoms with Crippen LogP contribution >= 0.6 is 0 Å². The zero-order valence-electron chi connectivity index (χ0n) is 7.01. The van der Waals surface area contributed by atoms with Gasteiger partial charge in [-0.2, -0.15) is 0 Å². The zero-order valence-corrected chi connectivity index (χ0v) is 7.01. The van der Waals surface area contributed by atoms with E-state index in [4.69, 9.17) is 5.11 Å². The van der Waals surface area contributed by atoms with E-state index < -0.39 is 6.09 Å². The first kappa shape index (κ1) is 9.27. The second kappa shape index (κ2) is 2.90. The number of carboxylic acid groups (broad SMARTS) is 1. The third kappa shape index (κ3) is 1.90. The van der Waals surface area contributed by atoms with Crippen molar-refractivity contribution in [3.8, 4) is 0 Å². The Morgan fingerprint density at radius 1 is 1.60 bits per heavy atom. The molecular weight excluding hydrogens is 130 g/mol. The maximum Gasteiger partial charge on any atom is 0.407 e. The van der Waals surface area contributed by atoms with Crippen LogP contribution in [-0.4, -0.2) is 28.7 Å². The fourth-order valence-electron chi connectivity index (χ4n) is 0.496. The highest BCUT2D eigenvalue weighted by Crippen LogP contribution is 2.15. The summed E-state index contributed by atoms with van der Waals surface area (Å²) in [5.41, 5.74) is -0.244. The summed E-state index contributed by atoms with van der Waals surface area (Å²) in [5.74, 6) is 0. The largest absolute Gasteiger partial charge is 0.465 e. The molecule has 10 heavy (non-hydrogen) atoms. The average Bonchev–Trinajstić information content (AvgIpc) is 1.86. The van der Waals surface area contributed by atoms with Crippen LogP contribution in [-0.2, 0) is 0 Å². The van der Waals surface area contributed by atoms with Crippen molar-refractivity contribution >= 4 is 6.09 Å². The van der Waals surface area contributed by atoms with Crippen LogP contribution in [0.1, 0.15) is 27.2 Å². The summed E-state index contributed by atoms with van der Waals surface area (Å²) < 4.78 is 0. The van der Waals surface area contributed by atoms with Crippen molar-refractivity contribution in [2.24, 2.45) is 0 Å². The maximum absolute atomic E-state index is 10.4. The SMILES string of the molecule is CCC(C)(C)N(C)C(=O)O. The van der Waals surface area contributed by atoms with E-state index in [0.29, 0.717) is 0 Å². The number of hydrogen-bond donors (Lipinski definition) is 1. The first-order valence-electron chi connectivity index (χ1n) is 3.38. The van der Waals surface area contributed by atoms with Crippen LogP contribution in [0.15, 0.2) is 0 Å². The third-order valence-electron chi connectivity index (χ3n) is 2.06. The molecular formula is C7H15NO2. The summed E-state index contributed by atoms with van der Waals surface area (Å²) in [5, 5.41) is 8.57. The molecule has 1 amide bonds. The number of nitrogens with zero attached hydrogens (tertiary/aromatic N) is 1. The van der Waals surface area contributed by atoms with Crippen LogP contribution in [0.2, 0.25) is 0 Å². The molecule has 0 aliphatic carbocycles. The molecule has 0 aromatic heterocycles. The standard InChI is InChI=1S/C7H15NO2/c1-5-7(2,3)8(4)6(9)10/h5H2,1-4H3,(H,9,10). The van der Waals surface area contributed by atoms with Gasteiger partial charge in [0, 0.05) is 12.6 Å². The van der Waals surface area contributed by atoms with Crippen molar-refractivity contribution in [1.29, 1.82) is 0 Å². The number of hydrogen-bond acceptors (Lipinski definition) is 1. The molecule has 0 fully saturated rings. The molecule has 0 aromatic carbocycles. The van der Waals surface area contributed by atoms with Gasteiger partial charge in [-0.15, -0.1) is 0 Å². The topological polar surface area (TPSA) is 40.5 Å². The molecule has 0 spiro atoms. The Balaban J connectivity index is 4.17. The van der Waals surface area contributed by atoms with E-state index in [0.717, 1.165) is 6.42 Å². The van der Waals surface area contributed by atoms with Crippen molar-refractivity contribution < 1.29 is 9.90 Å². The van der Waals surface area contributed by atoms with Crippen molar-refractivity contribution in [1.82, 2.24) is 4.90 Å². The van der Waals surface area contributed by atoms with Crippen LogP contribution in [0, 0.1) is 0 Å². The van der Waals surface area contributed by atoms with Crippen molar-refractivity contribution in [3.05, 3.63) is 0 Å². The second-order valence-electron chi connectivity index (χ2n) is 3.01. The van der Waals surface area contributed by atoms with Gasteiger partial charge in [0.1, 0.15) is 0 Å². The molecule has 0 rings (SSSR count). The predicted molar refractivity (Wildman–Crippen MR) is 40.2 cm³/mol. The summed E-state index contributed by atoms with van der Waals surface area (Å²) in [4.78, 5) is 11.8. The fraction of sp³-hybridized carbons (Fsp3) is 0.857. The second-order valence-corrected chi connectivity index (χ2v) is 3.01. The predicted octanol–water partition coefficient (Wildman–Crippen LogP) is 1.78. The van der Waals surface area contributed by atoms with Gasteiger partial charge in [0.05, 0.1) is 0 Å². The monoisotopic (exact) mass is 145 g/mol. The molecule has 0 aliphatic rings. The summed E-state index contributed by atoms with van der Waals surface area (Å²) in [6, 6.07) is 0. The summed E-state index contributed by atoms with van der Waals surface area (Å²) in [6.45, 7) is 5.78. The Bertz CT molecular complexity index is 132. The van der Waals surface area contributed by atoms with Gasteiger partial charge in [-0.3, -0.25) is 0 Å². The lowest BCUT2D eigenvalue weighted by atomic mass is 10.0. The Hall–Kier alpha value is -0.730. The summed E-state index contributed by atoms with van der Waals surface area (Å²) in [7, 11) is 1.59. The maximum atomic E-state index is 10.4. The van der Waals surface area contributed by atoms with Crippen molar-refractivity contribution in [3.63, 3.8) is 0 Å². The minimum Gasteiger partial charge on any atom is -0.465 e. The van der Waals surface area contributed by atoms with E-state index in [1.165, 1.54) is 4.90 Å². The minimum atomic E-state index is -0.869. The van der Waals surface area contributed by atoms with Crippen LogP contribution in [0.4, 0.5) is 4.79 Å². The molecule has 0 saturated heterocycles. The molecule has 0 saturated carbocycles. The van der Waals surface area contributed by atoms with Crippen molar-refractivity contribution in [2.45, 2.75) is 32.7 Å². The third-order valence-corrected chi connectivity index (χ3v) is 2.06. The normalized spacial score (nSPS) is 11.2. The Morgan fingerprint density at radius 3 is 2.10 bits per heavy atom. The Labute approximate surface area is 61.6 Å². The first-order chi connectivity index (χ1) is 4.41. The highest BCUT2D eigenvalue weighted by Gasteiger charge is 2.24. The molecule has 0 heterocycles. The van der Waals surface area contributed by atoms with Crippen molar-refractivity contribution in [2.75, 3.05) is 7.05 Å².